The first-order valence-electron chi connectivity index (χ1n) is 7.29. The molecule has 1 aliphatic rings. The molecule has 2 aromatic carbocycles. The summed E-state index contributed by atoms with van der Waals surface area (Å²) in [5.41, 5.74) is 0.854. The van der Waals surface area contributed by atoms with Gasteiger partial charge >= 0.3 is 0 Å². The van der Waals surface area contributed by atoms with Gasteiger partial charge in [0.2, 0.25) is 0 Å². The number of hydrogen-bond acceptors (Lipinski definition) is 5. The summed E-state index contributed by atoms with van der Waals surface area (Å²) in [7, 11) is 3.10. The van der Waals surface area contributed by atoms with Crippen LogP contribution in [0.15, 0.2) is 47.4 Å². The number of thiocarbonyl (C=S) groups is 1. The molecule has 1 amide bonds. The van der Waals surface area contributed by atoms with Gasteiger partial charge in [-0.3, -0.25) is 9.69 Å². The molecule has 0 aliphatic carbocycles. The summed E-state index contributed by atoms with van der Waals surface area (Å²) in [6.07, 6.45) is 1.68. The molecule has 4 nitrogen and oxygen atoms in total. The van der Waals surface area contributed by atoms with Crippen molar-refractivity contribution in [1.82, 2.24) is 0 Å². The van der Waals surface area contributed by atoms with Crippen LogP contribution in [-0.4, -0.2) is 24.4 Å². The van der Waals surface area contributed by atoms with Crippen LogP contribution in [0.4, 0.5) is 10.1 Å². The normalized spacial score (nSPS) is 15.8. The highest BCUT2D eigenvalue weighted by Crippen LogP contribution is 2.38. The van der Waals surface area contributed by atoms with Crippen molar-refractivity contribution in [2.24, 2.45) is 0 Å². The number of carbonyl (C=O) groups excluding carboxylic acids is 1. The van der Waals surface area contributed by atoms with Gasteiger partial charge in [0.05, 0.1) is 24.8 Å². The zero-order valence-electron chi connectivity index (χ0n) is 13.5. The Kier molecular flexibility index (Phi) is 5.06. The molecular weight excluding hydrogens is 361 g/mol. The van der Waals surface area contributed by atoms with Crippen LogP contribution >= 0.6 is 24.0 Å². The minimum atomic E-state index is -0.498. The van der Waals surface area contributed by atoms with E-state index in [1.165, 1.54) is 24.1 Å². The lowest BCUT2D eigenvalue weighted by Gasteiger charge is -2.14. The quantitative estimate of drug-likeness (QED) is 0.590. The molecule has 0 bridgehead atoms. The Labute approximate surface area is 154 Å². The van der Waals surface area contributed by atoms with Crippen molar-refractivity contribution in [3.8, 4) is 11.5 Å². The van der Waals surface area contributed by atoms with Gasteiger partial charge < -0.3 is 9.47 Å². The molecule has 1 aliphatic heterocycles. The second kappa shape index (κ2) is 7.25. The monoisotopic (exact) mass is 375 g/mol. The average molecular weight is 375 g/mol. The Bertz CT molecular complexity index is 882. The van der Waals surface area contributed by atoms with Gasteiger partial charge in [0.1, 0.15) is 17.3 Å². The molecule has 1 fully saturated rings. The number of ether oxygens (including phenoxy) is 2. The Morgan fingerprint density at radius 1 is 1.16 bits per heavy atom. The molecule has 3 rings (SSSR count). The molecule has 7 heteroatoms. The number of halogens is 1. The van der Waals surface area contributed by atoms with Gasteiger partial charge in [-0.25, -0.2) is 4.39 Å². The van der Waals surface area contributed by atoms with E-state index in [1.54, 1.807) is 43.5 Å². The molecule has 0 radical (unpaired) electrons. The van der Waals surface area contributed by atoms with Crippen molar-refractivity contribution in [3.05, 3.63) is 58.8 Å². The molecule has 1 heterocycles. The minimum absolute atomic E-state index is 0.148. The van der Waals surface area contributed by atoms with Gasteiger partial charge in [-0.2, -0.15) is 0 Å². The summed E-state index contributed by atoms with van der Waals surface area (Å²) >= 11 is 6.39. The van der Waals surface area contributed by atoms with Gasteiger partial charge in [-0.1, -0.05) is 36.1 Å². The van der Waals surface area contributed by atoms with Crippen molar-refractivity contribution in [1.29, 1.82) is 0 Å². The largest absolute Gasteiger partial charge is 0.497 e. The second-order valence-electron chi connectivity index (χ2n) is 5.08. The number of rotatable bonds is 4. The molecular formula is C18H14FNO3S2. The maximum Gasteiger partial charge on any atom is 0.270 e. The number of carbonyl (C=O) groups is 1. The first kappa shape index (κ1) is 17.4. The standard InChI is InChI=1S/C18H14FNO3S2/c1-22-12-8-7-11(15(10-12)23-2)9-16-17(21)20(18(24)25-16)14-6-4-3-5-13(14)19/h3-10H,1-2H3/b16-9-. The zero-order valence-corrected chi connectivity index (χ0v) is 15.1. The zero-order chi connectivity index (χ0) is 18.0. The summed E-state index contributed by atoms with van der Waals surface area (Å²) < 4.78 is 24.8. The second-order valence-corrected chi connectivity index (χ2v) is 6.75. The highest BCUT2D eigenvalue weighted by atomic mass is 32.2. The smallest absolute Gasteiger partial charge is 0.270 e. The SMILES string of the molecule is COc1ccc(/C=C2\SC(=S)N(c3ccccc3F)C2=O)c(OC)c1. The summed E-state index contributed by atoms with van der Waals surface area (Å²) in [4.78, 5) is 14.3. The number of amides is 1. The molecule has 1 saturated heterocycles. The lowest BCUT2D eigenvalue weighted by molar-refractivity contribution is -0.113. The number of nitrogens with zero attached hydrogens (tertiary/aromatic N) is 1. The first-order chi connectivity index (χ1) is 12.0. The number of methoxy groups -OCH3 is 2. The third-order valence-corrected chi connectivity index (χ3v) is 4.92. The van der Waals surface area contributed by atoms with E-state index in [-0.39, 0.29) is 15.9 Å². The Morgan fingerprint density at radius 3 is 2.60 bits per heavy atom. The van der Waals surface area contributed by atoms with E-state index in [2.05, 4.69) is 0 Å². The lowest BCUT2D eigenvalue weighted by atomic mass is 10.1. The third kappa shape index (κ3) is 3.38. The molecule has 0 saturated carbocycles. The maximum absolute atomic E-state index is 14.0. The molecule has 0 unspecified atom stereocenters. The molecule has 0 N–H and O–H groups in total. The number of hydrogen-bond donors (Lipinski definition) is 0. The third-order valence-electron chi connectivity index (χ3n) is 3.61. The van der Waals surface area contributed by atoms with Crippen molar-refractivity contribution in [2.75, 3.05) is 19.1 Å². The molecule has 0 spiro atoms. The Hall–Kier alpha value is -2.38. The van der Waals surface area contributed by atoms with Gasteiger partial charge in [0.15, 0.2) is 4.32 Å². The van der Waals surface area contributed by atoms with Gasteiger partial charge in [0, 0.05) is 11.6 Å². The van der Waals surface area contributed by atoms with E-state index in [1.807, 2.05) is 0 Å². The van der Waals surface area contributed by atoms with E-state index in [9.17, 15) is 9.18 Å². The summed E-state index contributed by atoms with van der Waals surface area (Å²) in [6, 6.07) is 11.3. The molecule has 0 atom stereocenters. The van der Waals surface area contributed by atoms with Gasteiger partial charge in [-0.15, -0.1) is 0 Å². The number of benzene rings is 2. The van der Waals surface area contributed by atoms with E-state index >= 15 is 0 Å². The van der Waals surface area contributed by atoms with Crippen LogP contribution in [0.3, 0.4) is 0 Å². The molecule has 0 aromatic heterocycles. The van der Waals surface area contributed by atoms with E-state index in [4.69, 9.17) is 21.7 Å². The summed E-state index contributed by atoms with van der Waals surface area (Å²) in [5, 5.41) is 0. The first-order valence-corrected chi connectivity index (χ1v) is 8.52. The summed E-state index contributed by atoms with van der Waals surface area (Å²) in [6.45, 7) is 0. The summed E-state index contributed by atoms with van der Waals surface area (Å²) in [5.74, 6) is 0.350. The van der Waals surface area contributed by atoms with E-state index in [0.29, 0.717) is 22.0 Å². The average Bonchev–Trinajstić information content (AvgIpc) is 2.89. The number of thioether (sulfide) groups is 1. The van der Waals surface area contributed by atoms with Crippen LogP contribution in [0.2, 0.25) is 0 Å². The van der Waals surface area contributed by atoms with Crippen LogP contribution < -0.4 is 14.4 Å². The van der Waals surface area contributed by atoms with Crippen LogP contribution in [-0.2, 0) is 4.79 Å². The van der Waals surface area contributed by atoms with Gasteiger partial charge in [0.25, 0.3) is 5.91 Å². The van der Waals surface area contributed by atoms with E-state index in [0.717, 1.165) is 11.8 Å². The Morgan fingerprint density at radius 2 is 1.92 bits per heavy atom. The fourth-order valence-electron chi connectivity index (χ4n) is 2.39. The molecule has 2 aromatic rings. The van der Waals surface area contributed by atoms with Crippen LogP contribution in [0.25, 0.3) is 6.08 Å². The highest BCUT2D eigenvalue weighted by Gasteiger charge is 2.34. The van der Waals surface area contributed by atoms with Crippen LogP contribution in [0.5, 0.6) is 11.5 Å². The highest BCUT2D eigenvalue weighted by molar-refractivity contribution is 8.27. The van der Waals surface area contributed by atoms with E-state index < -0.39 is 5.82 Å². The predicted octanol–water partition coefficient (Wildman–Crippen LogP) is 4.25. The number of anilines is 1. The van der Waals surface area contributed by atoms with Crippen LogP contribution in [0, 0.1) is 5.82 Å². The number of para-hydroxylation sites is 1. The fraction of sp³-hybridized carbons (Fsp3) is 0.111. The van der Waals surface area contributed by atoms with Crippen LogP contribution in [0.1, 0.15) is 5.56 Å². The van der Waals surface area contributed by atoms with Crippen molar-refractivity contribution in [3.63, 3.8) is 0 Å². The minimum Gasteiger partial charge on any atom is -0.497 e. The Balaban J connectivity index is 1.97. The maximum atomic E-state index is 14.0. The molecule has 25 heavy (non-hydrogen) atoms. The lowest BCUT2D eigenvalue weighted by Crippen LogP contribution is -2.28. The predicted molar refractivity (Wildman–Crippen MR) is 102 cm³/mol. The van der Waals surface area contributed by atoms with Crippen molar-refractivity contribution < 1.29 is 18.7 Å². The molecule has 128 valence electrons. The fourth-order valence-corrected chi connectivity index (χ4v) is 3.66. The van der Waals surface area contributed by atoms with Crippen molar-refractivity contribution in [2.45, 2.75) is 0 Å². The van der Waals surface area contributed by atoms with Crippen molar-refractivity contribution >= 4 is 46.0 Å². The van der Waals surface area contributed by atoms with Gasteiger partial charge in [-0.05, 0) is 30.3 Å². The topological polar surface area (TPSA) is 38.8 Å².